The average Bonchev–Trinajstić information content (AvgIpc) is 3.25. The molecule has 0 aliphatic carbocycles. The maximum Gasteiger partial charge on any atom is 0.472 e. The molecule has 0 fully saturated rings. The number of carbonyl (C=O) groups is 2. The lowest BCUT2D eigenvalue weighted by Gasteiger charge is -2.15. The number of phosphoric ester groups is 1. The maximum absolute atomic E-state index is 12.1. The third-order valence-corrected chi connectivity index (χ3v) is 11.4. The van der Waals surface area contributed by atoms with Gasteiger partial charge in [-0.15, -0.1) is 0 Å². The van der Waals surface area contributed by atoms with Crippen LogP contribution in [-0.4, -0.2) is 54.3 Å². The first-order chi connectivity index (χ1) is 29.8. The summed E-state index contributed by atoms with van der Waals surface area (Å²) in [6.07, 6.45) is 57.4. The number of hydrogen-bond acceptors (Lipinski definition) is 7. The van der Waals surface area contributed by atoms with Gasteiger partial charge in [-0.2, -0.15) is 0 Å². The zero-order valence-corrected chi connectivity index (χ0v) is 40.0. The molecule has 10 heteroatoms. The van der Waals surface area contributed by atoms with E-state index in [1.807, 2.05) is 0 Å². The van der Waals surface area contributed by atoms with Crippen molar-refractivity contribution in [2.45, 2.75) is 225 Å². The smallest absolute Gasteiger partial charge is 0.463 e. The number of aliphatic hydroxyl groups excluding tert-OH is 1. The molecule has 0 heterocycles. The Morgan fingerprint density at radius 2 is 0.902 bits per heavy atom. The summed E-state index contributed by atoms with van der Waals surface area (Å²) in [6, 6.07) is 0. The highest BCUT2D eigenvalue weighted by atomic mass is 31.2. The van der Waals surface area contributed by atoms with Crippen LogP contribution in [-0.2, 0) is 27.9 Å². The Morgan fingerprint density at radius 3 is 1.41 bits per heavy atom. The molecule has 0 aliphatic rings. The number of rotatable bonds is 46. The molecule has 61 heavy (non-hydrogen) atoms. The molecule has 1 amide bonds. The second-order valence-electron chi connectivity index (χ2n) is 16.4. The largest absolute Gasteiger partial charge is 0.472 e. The molecule has 2 unspecified atom stereocenters. The van der Waals surface area contributed by atoms with Crippen LogP contribution >= 0.6 is 7.82 Å². The van der Waals surface area contributed by atoms with Gasteiger partial charge in [0, 0.05) is 19.4 Å². The van der Waals surface area contributed by atoms with Crippen LogP contribution in [0.4, 0.5) is 0 Å². The zero-order chi connectivity index (χ0) is 44.6. The van der Waals surface area contributed by atoms with Crippen molar-refractivity contribution in [3.63, 3.8) is 0 Å². The average molecular weight is 878 g/mol. The summed E-state index contributed by atoms with van der Waals surface area (Å²) < 4.78 is 26.9. The van der Waals surface area contributed by atoms with Crippen molar-refractivity contribution in [2.24, 2.45) is 0 Å². The summed E-state index contributed by atoms with van der Waals surface area (Å²) in [6.45, 7) is 3.47. The lowest BCUT2D eigenvalue weighted by molar-refractivity contribution is -0.147. The number of carbonyl (C=O) groups excluding carboxylic acids is 2. The summed E-state index contributed by atoms with van der Waals surface area (Å²) in [5.74, 6) is -0.572. The molecule has 0 bridgehead atoms. The van der Waals surface area contributed by atoms with E-state index in [1.54, 1.807) is 0 Å². The van der Waals surface area contributed by atoms with Crippen molar-refractivity contribution in [1.29, 1.82) is 0 Å². The Hall–Kier alpha value is -2.29. The molecule has 0 aromatic rings. The molecule has 0 aromatic carbocycles. The summed E-state index contributed by atoms with van der Waals surface area (Å²) in [5, 5.41) is 12.7. The molecule has 3 N–H and O–H groups in total. The Bertz CT molecular complexity index is 1180. The number of unbranched alkanes of at least 4 members (excludes halogenated alkanes) is 23. The van der Waals surface area contributed by atoms with Gasteiger partial charge in [-0.25, -0.2) is 4.57 Å². The molecular weight excluding hydrogens is 786 g/mol. The van der Waals surface area contributed by atoms with Crippen LogP contribution in [0.2, 0.25) is 0 Å². The first kappa shape index (κ1) is 58.7. The molecule has 9 nitrogen and oxygen atoms in total. The van der Waals surface area contributed by atoms with E-state index in [0.717, 1.165) is 44.9 Å². The van der Waals surface area contributed by atoms with Crippen molar-refractivity contribution >= 4 is 19.7 Å². The summed E-state index contributed by atoms with van der Waals surface area (Å²) in [4.78, 5) is 34.0. The van der Waals surface area contributed by atoms with E-state index >= 15 is 0 Å². The normalized spacial score (nSPS) is 13.7. The monoisotopic (exact) mass is 878 g/mol. The topological polar surface area (TPSA) is 131 Å². The van der Waals surface area contributed by atoms with Crippen molar-refractivity contribution in [1.82, 2.24) is 5.32 Å². The summed E-state index contributed by atoms with van der Waals surface area (Å²) in [5.41, 5.74) is 0. The fourth-order valence-electron chi connectivity index (χ4n) is 6.66. The molecule has 0 aromatic heterocycles. The molecule has 354 valence electrons. The number of ether oxygens (including phenoxy) is 1. The molecule has 0 rings (SSSR count). The van der Waals surface area contributed by atoms with Crippen LogP contribution in [0, 0.1) is 0 Å². The fraction of sp³-hybridized carbons (Fsp3) is 0.765. The van der Waals surface area contributed by atoms with Gasteiger partial charge in [0.15, 0.2) is 0 Å². The quantitative estimate of drug-likeness (QED) is 0.0238. The number of aliphatic hydroxyl groups is 1. The molecule has 0 saturated heterocycles. The van der Waals surface area contributed by atoms with Gasteiger partial charge in [-0.1, -0.05) is 190 Å². The number of hydrogen-bond donors (Lipinski definition) is 3. The van der Waals surface area contributed by atoms with Crippen LogP contribution in [0.25, 0.3) is 0 Å². The predicted octanol–water partition coefficient (Wildman–Crippen LogP) is 14.4. The van der Waals surface area contributed by atoms with Crippen LogP contribution in [0.15, 0.2) is 60.8 Å². The van der Waals surface area contributed by atoms with Crippen molar-refractivity contribution in [2.75, 3.05) is 26.4 Å². The number of allylic oxidation sites excluding steroid dienone is 10. The highest BCUT2D eigenvalue weighted by Crippen LogP contribution is 2.42. The highest BCUT2D eigenvalue weighted by molar-refractivity contribution is 7.47. The first-order valence-electron chi connectivity index (χ1n) is 24.8. The molecule has 2 atom stereocenters. The van der Waals surface area contributed by atoms with Crippen molar-refractivity contribution in [3.05, 3.63) is 60.8 Å². The molecule has 0 spiro atoms. The van der Waals surface area contributed by atoms with Crippen LogP contribution in [0.1, 0.15) is 219 Å². The van der Waals surface area contributed by atoms with Gasteiger partial charge >= 0.3 is 13.8 Å². The first-order valence-corrected chi connectivity index (χ1v) is 26.3. The van der Waals surface area contributed by atoms with Gasteiger partial charge in [0.05, 0.1) is 13.2 Å². The van der Waals surface area contributed by atoms with E-state index in [-0.39, 0.29) is 32.1 Å². The second kappa shape index (κ2) is 47.2. The van der Waals surface area contributed by atoms with E-state index < -0.39 is 26.5 Å². The third kappa shape index (κ3) is 48.6. The molecule has 0 saturated carbocycles. The second-order valence-corrected chi connectivity index (χ2v) is 17.9. The zero-order valence-electron chi connectivity index (χ0n) is 39.1. The van der Waals surface area contributed by atoms with E-state index in [1.165, 1.54) is 141 Å². The van der Waals surface area contributed by atoms with E-state index in [2.05, 4.69) is 79.9 Å². The van der Waals surface area contributed by atoms with Gasteiger partial charge in [-0.05, 0) is 77.0 Å². The minimum atomic E-state index is -4.44. The molecular formula is C51H92NO8P. The lowest BCUT2D eigenvalue weighted by atomic mass is 10.0. The van der Waals surface area contributed by atoms with Gasteiger partial charge < -0.3 is 20.1 Å². The SMILES string of the molecule is CCCCC/C=C\C/C=C\C/C=C\C/C=C\CCCC(=O)NCCOP(=O)(O)OCC(O)COC(=O)CCCCCCCCCCCCCCC/C=C/CCCCCCCC. The third-order valence-electron chi connectivity index (χ3n) is 10.4. The Labute approximate surface area is 374 Å². The Morgan fingerprint density at radius 1 is 0.508 bits per heavy atom. The molecule has 0 aliphatic heterocycles. The Kier molecular flexibility index (Phi) is 45.4. The molecule has 0 radical (unpaired) electrons. The van der Waals surface area contributed by atoms with E-state index in [9.17, 15) is 24.2 Å². The van der Waals surface area contributed by atoms with Gasteiger partial charge in [0.25, 0.3) is 0 Å². The summed E-state index contributed by atoms with van der Waals surface area (Å²) in [7, 11) is -4.44. The van der Waals surface area contributed by atoms with Crippen molar-refractivity contribution < 1.29 is 37.9 Å². The van der Waals surface area contributed by atoms with Gasteiger partial charge in [0.1, 0.15) is 12.7 Å². The minimum Gasteiger partial charge on any atom is -0.463 e. The number of phosphoric acid groups is 1. The fourth-order valence-corrected chi connectivity index (χ4v) is 7.42. The summed E-state index contributed by atoms with van der Waals surface area (Å²) >= 11 is 0. The van der Waals surface area contributed by atoms with Crippen molar-refractivity contribution in [3.8, 4) is 0 Å². The van der Waals surface area contributed by atoms with Crippen LogP contribution in [0.5, 0.6) is 0 Å². The number of nitrogens with one attached hydrogen (secondary N) is 1. The number of amides is 1. The van der Waals surface area contributed by atoms with Crippen LogP contribution < -0.4 is 5.32 Å². The predicted molar refractivity (Wildman–Crippen MR) is 256 cm³/mol. The van der Waals surface area contributed by atoms with E-state index in [4.69, 9.17) is 13.8 Å². The highest BCUT2D eigenvalue weighted by Gasteiger charge is 2.23. The minimum absolute atomic E-state index is 0.0510. The standard InChI is InChI=1S/C51H92NO8P/c1-3-5-7-9-11-13-15-17-19-21-22-23-24-25-26-28-30-32-34-36-38-40-42-44-51(55)58-47-49(53)48-60-61(56,57)59-46-45-52-50(54)43-41-39-37-35-33-31-29-27-20-18-16-14-12-10-8-6-4-2/h12,14,17-20,29,31,35,37,49,53H,3-11,13,15-16,21-28,30,32-34,36,38-48H2,1-2H3,(H,52,54)(H,56,57)/b14-12-,19-17+,20-18-,31-29-,37-35-. The van der Waals surface area contributed by atoms with E-state index in [0.29, 0.717) is 12.8 Å². The van der Waals surface area contributed by atoms with Crippen LogP contribution in [0.3, 0.4) is 0 Å². The van der Waals surface area contributed by atoms with Gasteiger partial charge in [0.2, 0.25) is 5.91 Å². The Balaban J connectivity index is 3.61. The lowest BCUT2D eigenvalue weighted by Crippen LogP contribution is -2.27. The number of esters is 1. The maximum atomic E-state index is 12.1. The van der Waals surface area contributed by atoms with Gasteiger partial charge in [-0.3, -0.25) is 18.6 Å².